The quantitative estimate of drug-likeness (QED) is 0.796. The molecule has 5 nitrogen and oxygen atoms in total. The number of hydrogen-bond acceptors (Lipinski definition) is 3. The van der Waals surface area contributed by atoms with Crippen molar-refractivity contribution in [3.05, 3.63) is 0 Å². The van der Waals surface area contributed by atoms with Crippen molar-refractivity contribution in [2.24, 2.45) is 11.8 Å². The number of carbonyl (C=O) groups excluding carboxylic acids is 1. The molecule has 0 radical (unpaired) electrons. The topological polar surface area (TPSA) is 75.6 Å². The molecule has 5 heteroatoms. The molecule has 1 saturated carbocycles. The summed E-state index contributed by atoms with van der Waals surface area (Å²) in [6.07, 6.45) is 1.57. The average Bonchev–Trinajstić information content (AvgIpc) is 2.13. The number of carboxylic acid groups (broad SMARTS) is 1. The highest BCUT2D eigenvalue weighted by Crippen LogP contribution is 2.30. The second kappa shape index (κ2) is 5.59. The van der Waals surface area contributed by atoms with E-state index in [4.69, 9.17) is 9.84 Å². The second-order valence-electron chi connectivity index (χ2n) is 6.08. The molecule has 104 valence electrons. The van der Waals surface area contributed by atoms with Crippen LogP contribution in [0, 0.1) is 11.8 Å². The minimum absolute atomic E-state index is 0.0189. The summed E-state index contributed by atoms with van der Waals surface area (Å²) in [7, 11) is 0. The van der Waals surface area contributed by atoms with Crippen LogP contribution >= 0.6 is 0 Å². The summed E-state index contributed by atoms with van der Waals surface area (Å²) >= 11 is 0. The number of ether oxygens (including phenoxy) is 1. The Labute approximate surface area is 108 Å². The maximum atomic E-state index is 11.6. The normalized spacial score (nSPS) is 28.6. The molecular formula is C13H23NO4. The van der Waals surface area contributed by atoms with Crippen LogP contribution in [0.25, 0.3) is 0 Å². The van der Waals surface area contributed by atoms with Crippen molar-refractivity contribution in [1.82, 2.24) is 5.32 Å². The standard InChI is InChI=1S/C13H23NO4/c1-8-7-9(5-6-10(8)11(15)16)14-12(17)18-13(2,3)4/h8-10H,5-7H2,1-4H3,(H,14,17)(H,15,16)/t8-,9?,10+/m1/s1. The minimum Gasteiger partial charge on any atom is -0.481 e. The molecule has 1 unspecified atom stereocenters. The molecule has 1 amide bonds. The van der Waals surface area contributed by atoms with Crippen LogP contribution in [0.2, 0.25) is 0 Å². The van der Waals surface area contributed by atoms with Gasteiger partial charge in [0.1, 0.15) is 5.60 Å². The first kappa shape index (κ1) is 14.8. The zero-order valence-corrected chi connectivity index (χ0v) is 11.5. The zero-order chi connectivity index (χ0) is 13.9. The highest BCUT2D eigenvalue weighted by Gasteiger charge is 2.33. The maximum absolute atomic E-state index is 11.6. The van der Waals surface area contributed by atoms with E-state index in [1.165, 1.54) is 0 Å². The molecule has 0 heterocycles. The van der Waals surface area contributed by atoms with E-state index in [1.54, 1.807) is 0 Å². The Morgan fingerprint density at radius 2 is 1.89 bits per heavy atom. The molecule has 0 saturated heterocycles. The molecule has 0 bridgehead atoms. The number of carboxylic acids is 1. The van der Waals surface area contributed by atoms with Gasteiger partial charge in [0, 0.05) is 6.04 Å². The first-order valence-electron chi connectivity index (χ1n) is 6.41. The van der Waals surface area contributed by atoms with Crippen LogP contribution in [-0.4, -0.2) is 28.8 Å². The lowest BCUT2D eigenvalue weighted by Crippen LogP contribution is -2.43. The summed E-state index contributed by atoms with van der Waals surface area (Å²) in [6.45, 7) is 7.37. The fraction of sp³-hybridized carbons (Fsp3) is 0.846. The third kappa shape index (κ3) is 4.55. The van der Waals surface area contributed by atoms with Gasteiger partial charge >= 0.3 is 12.1 Å². The smallest absolute Gasteiger partial charge is 0.407 e. The summed E-state index contributed by atoms with van der Waals surface area (Å²) < 4.78 is 5.18. The van der Waals surface area contributed by atoms with E-state index in [9.17, 15) is 9.59 Å². The van der Waals surface area contributed by atoms with Crippen LogP contribution in [0.15, 0.2) is 0 Å². The second-order valence-corrected chi connectivity index (χ2v) is 6.08. The van der Waals surface area contributed by atoms with Gasteiger partial charge in [0.05, 0.1) is 5.92 Å². The summed E-state index contributed by atoms with van der Waals surface area (Å²) in [5, 5.41) is 11.8. The lowest BCUT2D eigenvalue weighted by Gasteiger charge is -2.32. The largest absolute Gasteiger partial charge is 0.481 e. The Morgan fingerprint density at radius 3 is 2.33 bits per heavy atom. The molecule has 1 aliphatic carbocycles. The van der Waals surface area contributed by atoms with Crippen molar-refractivity contribution >= 4 is 12.1 Å². The predicted molar refractivity (Wildman–Crippen MR) is 67.3 cm³/mol. The number of alkyl carbamates (subject to hydrolysis) is 1. The number of rotatable bonds is 2. The lowest BCUT2D eigenvalue weighted by atomic mass is 9.78. The summed E-state index contributed by atoms with van der Waals surface area (Å²) in [5.74, 6) is -0.948. The van der Waals surface area contributed by atoms with E-state index in [0.717, 1.165) is 0 Å². The van der Waals surface area contributed by atoms with E-state index in [1.807, 2.05) is 27.7 Å². The molecule has 3 atom stereocenters. The highest BCUT2D eigenvalue weighted by molar-refractivity contribution is 5.71. The van der Waals surface area contributed by atoms with Crippen molar-refractivity contribution in [3.63, 3.8) is 0 Å². The molecule has 18 heavy (non-hydrogen) atoms. The molecular weight excluding hydrogens is 234 g/mol. The zero-order valence-electron chi connectivity index (χ0n) is 11.5. The number of nitrogens with one attached hydrogen (secondary N) is 1. The fourth-order valence-corrected chi connectivity index (χ4v) is 2.37. The van der Waals surface area contributed by atoms with Gasteiger partial charge in [0.2, 0.25) is 0 Å². The van der Waals surface area contributed by atoms with E-state index in [2.05, 4.69) is 5.32 Å². The van der Waals surface area contributed by atoms with E-state index >= 15 is 0 Å². The SMILES string of the molecule is C[C@@H]1CC(NC(=O)OC(C)(C)C)CC[C@@H]1C(=O)O. The Hall–Kier alpha value is -1.26. The number of aliphatic carboxylic acids is 1. The van der Waals surface area contributed by atoms with Gasteiger partial charge in [-0.15, -0.1) is 0 Å². The van der Waals surface area contributed by atoms with E-state index in [-0.39, 0.29) is 17.9 Å². The molecule has 0 aromatic rings. The van der Waals surface area contributed by atoms with Gasteiger partial charge in [0.25, 0.3) is 0 Å². The Balaban J connectivity index is 2.43. The highest BCUT2D eigenvalue weighted by atomic mass is 16.6. The van der Waals surface area contributed by atoms with E-state index in [0.29, 0.717) is 19.3 Å². The van der Waals surface area contributed by atoms with Gasteiger partial charge in [-0.25, -0.2) is 4.79 Å². The Kier molecular flexibility index (Phi) is 4.59. The third-order valence-electron chi connectivity index (χ3n) is 3.21. The predicted octanol–water partition coefficient (Wildman–Crippen LogP) is 2.40. The van der Waals surface area contributed by atoms with Crippen LogP contribution in [0.3, 0.4) is 0 Å². The minimum atomic E-state index is -0.738. The van der Waals surface area contributed by atoms with Crippen LogP contribution < -0.4 is 5.32 Å². The van der Waals surface area contributed by atoms with Crippen molar-refractivity contribution in [1.29, 1.82) is 0 Å². The van der Waals surface area contributed by atoms with Gasteiger partial charge in [-0.1, -0.05) is 6.92 Å². The van der Waals surface area contributed by atoms with Gasteiger partial charge in [-0.05, 0) is 46.0 Å². The van der Waals surface area contributed by atoms with Crippen LogP contribution in [-0.2, 0) is 9.53 Å². The molecule has 0 spiro atoms. The first-order valence-corrected chi connectivity index (χ1v) is 6.41. The average molecular weight is 257 g/mol. The molecule has 1 fully saturated rings. The van der Waals surface area contributed by atoms with Crippen molar-refractivity contribution < 1.29 is 19.4 Å². The third-order valence-corrected chi connectivity index (χ3v) is 3.21. The van der Waals surface area contributed by atoms with Crippen LogP contribution in [0.5, 0.6) is 0 Å². The number of amides is 1. The van der Waals surface area contributed by atoms with Crippen molar-refractivity contribution in [2.45, 2.75) is 58.6 Å². The fourth-order valence-electron chi connectivity index (χ4n) is 2.37. The molecule has 1 aliphatic rings. The monoisotopic (exact) mass is 257 g/mol. The van der Waals surface area contributed by atoms with Crippen LogP contribution in [0.1, 0.15) is 47.0 Å². The number of hydrogen-bond donors (Lipinski definition) is 2. The van der Waals surface area contributed by atoms with Gasteiger partial charge in [-0.3, -0.25) is 4.79 Å². The lowest BCUT2D eigenvalue weighted by molar-refractivity contribution is -0.144. The molecule has 2 N–H and O–H groups in total. The summed E-state index contributed by atoms with van der Waals surface area (Å²) in [4.78, 5) is 22.6. The molecule has 1 rings (SSSR count). The van der Waals surface area contributed by atoms with E-state index < -0.39 is 17.7 Å². The maximum Gasteiger partial charge on any atom is 0.407 e. The summed E-state index contributed by atoms with van der Waals surface area (Å²) in [6, 6.07) is 0.0189. The van der Waals surface area contributed by atoms with Crippen molar-refractivity contribution in [2.75, 3.05) is 0 Å². The van der Waals surface area contributed by atoms with Gasteiger partial charge in [0.15, 0.2) is 0 Å². The van der Waals surface area contributed by atoms with Gasteiger partial charge in [-0.2, -0.15) is 0 Å². The molecule has 0 aromatic heterocycles. The van der Waals surface area contributed by atoms with Crippen LogP contribution in [0.4, 0.5) is 4.79 Å². The first-order chi connectivity index (χ1) is 8.19. The summed E-state index contributed by atoms with van der Waals surface area (Å²) in [5.41, 5.74) is -0.506. The van der Waals surface area contributed by atoms with Gasteiger partial charge < -0.3 is 15.2 Å². The van der Waals surface area contributed by atoms with Crippen molar-refractivity contribution in [3.8, 4) is 0 Å². The molecule has 0 aromatic carbocycles. The Bertz CT molecular complexity index is 321. The Morgan fingerprint density at radius 1 is 1.28 bits per heavy atom. The number of carbonyl (C=O) groups is 2. The molecule has 0 aliphatic heterocycles.